The second-order valence-electron chi connectivity index (χ2n) is 16.7. The van der Waals surface area contributed by atoms with Gasteiger partial charge < -0.3 is 0 Å². The second kappa shape index (κ2) is 43.3. The summed E-state index contributed by atoms with van der Waals surface area (Å²) in [5.41, 5.74) is 0. The Kier molecular flexibility index (Phi) is 44.5. The summed E-state index contributed by atoms with van der Waals surface area (Å²) in [6.45, 7) is 13.0. The summed E-state index contributed by atoms with van der Waals surface area (Å²) in [6.07, 6.45) is 20.4. The molecule has 0 saturated heterocycles. The van der Waals surface area contributed by atoms with Gasteiger partial charge in [0.05, 0.1) is 0 Å². The molecule has 0 aliphatic rings. The molecule has 406 valence electrons. The van der Waals surface area contributed by atoms with Crippen molar-refractivity contribution in [1.29, 1.82) is 0 Å². The predicted molar refractivity (Wildman–Crippen MR) is 284 cm³/mol. The third-order valence-electron chi connectivity index (χ3n) is 10.3. The van der Waals surface area contributed by atoms with Crippen LogP contribution in [0.4, 0.5) is 0 Å². The average molecular weight is 1060 g/mol. The molecule has 0 aliphatic heterocycles. The van der Waals surface area contributed by atoms with Gasteiger partial charge in [-0.25, -0.2) is 0 Å². The molecule has 12 nitrogen and oxygen atoms in total. The van der Waals surface area contributed by atoms with E-state index in [1.165, 1.54) is 0 Å². The Hall–Kier alpha value is 1.73. The van der Waals surface area contributed by atoms with Gasteiger partial charge in [-0.2, -0.15) is 0 Å². The Morgan fingerprint density at radius 3 is 0.354 bits per heavy atom. The van der Waals surface area contributed by atoms with E-state index in [4.69, 9.17) is 54.3 Å². The molecule has 0 aromatic heterocycles. The van der Waals surface area contributed by atoms with Crippen LogP contribution in [-0.4, -0.2) is 79.3 Å². The first-order valence-corrected chi connectivity index (χ1v) is 39.1. The van der Waals surface area contributed by atoms with E-state index in [9.17, 15) is 0 Å². The van der Waals surface area contributed by atoms with Crippen LogP contribution >= 0.6 is 26.9 Å². The molecule has 0 atom stereocenters. The zero-order chi connectivity index (χ0) is 48.4. The van der Waals surface area contributed by atoms with E-state index in [0.717, 1.165) is 154 Å². The van der Waals surface area contributed by atoms with Crippen LogP contribution in [0.25, 0.3) is 0 Å². The van der Waals surface area contributed by atoms with Crippen LogP contribution in [-0.2, 0) is 64.9 Å². The maximum atomic E-state index is 7.82. The van der Waals surface area contributed by atoms with Gasteiger partial charge in [-0.05, 0) is 0 Å². The van der Waals surface area contributed by atoms with Crippen LogP contribution in [0.5, 0.6) is 0 Å². The van der Waals surface area contributed by atoms with Crippen molar-refractivity contribution in [1.82, 2.24) is 0 Å². The molecular formula is C48H112NiO12P4. The molecule has 0 aromatic carbocycles. The minimum absolute atomic E-state index is 0.383. The summed E-state index contributed by atoms with van der Waals surface area (Å²) in [7, 11) is -3.70. The van der Waals surface area contributed by atoms with E-state index in [0.29, 0.717) is 79.3 Å². The monoisotopic (exact) mass is 1060 g/mol. The van der Waals surface area contributed by atoms with Crippen molar-refractivity contribution in [3.63, 3.8) is 0 Å². The van der Waals surface area contributed by atoms with Crippen molar-refractivity contribution in [2.24, 2.45) is 0 Å². The van der Waals surface area contributed by atoms with Gasteiger partial charge in [-0.15, -0.1) is 0 Å². The molecule has 0 saturated carbocycles. The van der Waals surface area contributed by atoms with Gasteiger partial charge in [0.25, 0.3) is 0 Å². The molecule has 0 radical (unpaired) electrons. The van der Waals surface area contributed by atoms with Crippen molar-refractivity contribution >= 4 is 26.9 Å². The Balaban J connectivity index is 10.5. The van der Waals surface area contributed by atoms with E-state index in [2.05, 4.69) is 83.1 Å². The van der Waals surface area contributed by atoms with Crippen LogP contribution in [0, 0.1) is 0 Å². The van der Waals surface area contributed by atoms with E-state index in [1.807, 2.05) is 0 Å². The molecule has 17 heteroatoms. The summed E-state index contributed by atoms with van der Waals surface area (Å²) in [5, 5.41) is 0. The first kappa shape index (κ1) is 66.7. The van der Waals surface area contributed by atoms with Crippen LogP contribution in [0.2, 0.25) is 0 Å². The van der Waals surface area contributed by atoms with Crippen LogP contribution in [0.3, 0.4) is 0 Å². The minimum atomic E-state index is -4.48. The molecule has 65 heavy (non-hydrogen) atoms. The van der Waals surface area contributed by atoms with Crippen molar-refractivity contribution in [2.75, 3.05) is 79.3 Å². The summed E-state index contributed by atoms with van der Waals surface area (Å²) in [6, 6.07) is 0. The average Bonchev–Trinajstić information content (AvgIpc) is 3.30. The van der Waals surface area contributed by atoms with Gasteiger partial charge in [0.2, 0.25) is 0 Å². The van der Waals surface area contributed by atoms with E-state index in [-0.39, 0.29) is 0 Å². The SMILES string of the molecule is CCCCO[PH](OCCCC)(OCCCC)[Ni]([PH](OCCCC)(OCCCC)OCCCC)([PH](OCCCC)(OCCCC)OCCCC)[PH](OCCCC)(OCCCC)OCCCC. The molecule has 0 spiro atoms. The Labute approximate surface area is 406 Å². The van der Waals surface area contributed by atoms with E-state index >= 15 is 0 Å². The molecular weight excluding hydrogens is 951 g/mol. The standard InChI is InChI=1S/4C12H28O3P.Ni/c4*1-4-7-10-13-16(14-11-8-5-2)15-12-9-6-3;/h4*16H,4-12H2,1-3H3;/q4*+1;-4. The van der Waals surface area contributed by atoms with Gasteiger partial charge in [-0.3, -0.25) is 0 Å². The molecule has 0 aromatic rings. The van der Waals surface area contributed by atoms with Gasteiger partial charge in [0.15, 0.2) is 0 Å². The summed E-state index contributed by atoms with van der Waals surface area (Å²) < 4.78 is 93.9. The quantitative estimate of drug-likeness (QED) is 0.0328. The molecule has 0 aliphatic carbocycles. The molecule has 0 fully saturated rings. The first-order chi connectivity index (χ1) is 31.7. The fourth-order valence-electron chi connectivity index (χ4n) is 6.02. The van der Waals surface area contributed by atoms with Crippen molar-refractivity contribution in [2.45, 2.75) is 237 Å². The normalized spacial score (nSPS) is 15.3. The Morgan fingerprint density at radius 1 is 0.185 bits per heavy atom. The summed E-state index contributed by atoms with van der Waals surface area (Å²) in [5.74, 6) is 0. The second-order valence-corrected chi connectivity index (χ2v) is 48.1. The van der Waals surface area contributed by atoms with E-state index in [1.54, 1.807) is 0 Å². The Morgan fingerprint density at radius 2 is 0.277 bits per heavy atom. The zero-order valence-corrected chi connectivity index (χ0v) is 49.7. The number of unbranched alkanes of at least 4 members (excludes halogenated alkanes) is 12. The number of hydrogen-bond acceptors (Lipinski definition) is 12. The fraction of sp³-hybridized carbons (Fsp3) is 1.00. The molecule has 0 rings (SSSR count). The van der Waals surface area contributed by atoms with E-state index < -0.39 is 37.5 Å². The molecule has 0 amide bonds. The van der Waals surface area contributed by atoms with Crippen LogP contribution < -0.4 is 0 Å². The van der Waals surface area contributed by atoms with Crippen molar-refractivity contribution in [3.8, 4) is 0 Å². The Bertz CT molecular complexity index is 779. The van der Waals surface area contributed by atoms with Crippen molar-refractivity contribution < 1.29 is 64.9 Å². The predicted octanol–water partition coefficient (Wildman–Crippen LogP) is 17.6. The summed E-state index contributed by atoms with van der Waals surface area (Å²) in [4.78, 5) is 0. The third kappa shape index (κ3) is 22.2. The first-order valence-electron chi connectivity index (χ1n) is 27.0. The van der Waals surface area contributed by atoms with Gasteiger partial charge in [0.1, 0.15) is 0 Å². The third-order valence-corrected chi connectivity index (χ3v) is 63.8. The molecule has 0 unspecified atom stereocenters. The number of rotatable bonds is 52. The topological polar surface area (TPSA) is 111 Å². The van der Waals surface area contributed by atoms with Gasteiger partial charge in [-0.1, -0.05) is 0 Å². The van der Waals surface area contributed by atoms with Gasteiger partial charge in [0, 0.05) is 0 Å². The maximum absolute atomic E-state index is 7.82. The van der Waals surface area contributed by atoms with Crippen LogP contribution in [0.1, 0.15) is 237 Å². The van der Waals surface area contributed by atoms with Crippen molar-refractivity contribution in [3.05, 3.63) is 0 Å². The van der Waals surface area contributed by atoms with Gasteiger partial charge >= 0.3 is 408 Å². The fourth-order valence-corrected chi connectivity index (χ4v) is 70.5. The molecule has 0 heterocycles. The molecule has 0 N–H and O–H groups in total. The number of hydrogen-bond donors (Lipinski definition) is 0. The summed E-state index contributed by atoms with van der Waals surface area (Å²) >= 11 is 0. The zero-order valence-electron chi connectivity index (χ0n) is 44.7. The van der Waals surface area contributed by atoms with Crippen LogP contribution in [0.15, 0.2) is 0 Å². The molecule has 0 bridgehead atoms.